The highest BCUT2D eigenvalue weighted by Gasteiger charge is 2.14. The van der Waals surface area contributed by atoms with Gasteiger partial charge in [0.1, 0.15) is 11.3 Å². The van der Waals surface area contributed by atoms with Crippen LogP contribution in [0.2, 0.25) is 5.02 Å². The number of ether oxygens (including phenoxy) is 1. The summed E-state index contributed by atoms with van der Waals surface area (Å²) in [5.74, 6) is -1.30. The van der Waals surface area contributed by atoms with E-state index in [1.165, 1.54) is 18.2 Å². The topological polar surface area (TPSA) is 63.6 Å². The molecule has 0 aliphatic rings. The summed E-state index contributed by atoms with van der Waals surface area (Å²) in [5, 5.41) is 9.93. The van der Waals surface area contributed by atoms with Crippen molar-refractivity contribution in [3.63, 3.8) is 0 Å². The van der Waals surface area contributed by atoms with E-state index in [2.05, 4.69) is 0 Å². The Labute approximate surface area is 120 Å². The Morgan fingerprint density at radius 2 is 1.85 bits per heavy atom. The van der Waals surface area contributed by atoms with E-state index >= 15 is 0 Å². The zero-order chi connectivity index (χ0) is 14.5. The molecule has 0 aromatic heterocycles. The number of phenolic OH excluding ortho intramolecular Hbond substituents is 1. The third-order valence-electron chi connectivity index (χ3n) is 2.60. The molecule has 2 aromatic carbocycles. The molecular formula is C15H11ClO4. The van der Waals surface area contributed by atoms with Gasteiger partial charge in [0.25, 0.3) is 0 Å². The van der Waals surface area contributed by atoms with Gasteiger partial charge in [-0.1, -0.05) is 35.9 Å². The lowest BCUT2D eigenvalue weighted by Gasteiger charge is -2.06. The Hall–Kier alpha value is -2.33. The highest BCUT2D eigenvalue weighted by molar-refractivity contribution is 6.31. The Balaban J connectivity index is 2.01. The molecule has 0 amide bonds. The number of carbonyl (C=O) groups excluding carboxylic acids is 2. The summed E-state index contributed by atoms with van der Waals surface area (Å²) in [5.41, 5.74) is 0.383. The molecule has 1 N–H and O–H groups in total. The second-order valence-electron chi connectivity index (χ2n) is 4.03. The molecule has 0 aliphatic heterocycles. The Kier molecular flexibility index (Phi) is 4.38. The summed E-state index contributed by atoms with van der Waals surface area (Å²) >= 11 is 5.78. The molecule has 0 saturated carbocycles. The van der Waals surface area contributed by atoms with Crippen LogP contribution >= 0.6 is 11.6 Å². The van der Waals surface area contributed by atoms with Crippen LogP contribution in [-0.4, -0.2) is 23.5 Å². The van der Waals surface area contributed by atoms with Crippen LogP contribution < -0.4 is 0 Å². The first-order chi connectivity index (χ1) is 9.58. The monoisotopic (exact) mass is 290 g/mol. The number of carbonyl (C=O) groups is 2. The predicted molar refractivity (Wildman–Crippen MR) is 74.2 cm³/mol. The lowest BCUT2D eigenvalue weighted by molar-refractivity contribution is 0.0472. The van der Waals surface area contributed by atoms with Gasteiger partial charge in [-0.2, -0.15) is 0 Å². The second kappa shape index (κ2) is 6.21. The van der Waals surface area contributed by atoms with Crippen molar-refractivity contribution in [3.8, 4) is 5.75 Å². The van der Waals surface area contributed by atoms with E-state index < -0.39 is 12.6 Å². The van der Waals surface area contributed by atoms with Gasteiger partial charge < -0.3 is 9.84 Å². The molecule has 4 nitrogen and oxygen atoms in total. The number of rotatable bonds is 4. The van der Waals surface area contributed by atoms with Crippen molar-refractivity contribution in [2.75, 3.05) is 6.61 Å². The summed E-state index contributed by atoms with van der Waals surface area (Å²) < 4.78 is 4.87. The summed E-state index contributed by atoms with van der Waals surface area (Å²) in [6.45, 7) is -0.409. The summed E-state index contributed by atoms with van der Waals surface area (Å²) in [4.78, 5) is 23.5. The van der Waals surface area contributed by atoms with Crippen LogP contribution in [0.25, 0.3) is 0 Å². The van der Waals surface area contributed by atoms with Gasteiger partial charge in [0.15, 0.2) is 12.4 Å². The summed E-state index contributed by atoms with van der Waals surface area (Å²) in [6.07, 6.45) is 0. The maximum absolute atomic E-state index is 11.8. The molecular weight excluding hydrogens is 280 g/mol. The number of hydrogen-bond donors (Lipinski definition) is 1. The second-order valence-corrected chi connectivity index (χ2v) is 4.46. The molecule has 0 saturated heterocycles. The van der Waals surface area contributed by atoms with Gasteiger partial charge in [0, 0.05) is 10.6 Å². The normalized spacial score (nSPS) is 10.1. The van der Waals surface area contributed by atoms with Crippen LogP contribution in [-0.2, 0) is 4.74 Å². The molecule has 102 valence electrons. The average molecular weight is 291 g/mol. The highest BCUT2D eigenvalue weighted by Crippen LogP contribution is 2.17. The van der Waals surface area contributed by atoms with Crippen molar-refractivity contribution in [2.45, 2.75) is 0 Å². The lowest BCUT2D eigenvalue weighted by atomic mass is 10.1. The smallest absolute Gasteiger partial charge is 0.342 e. The summed E-state index contributed by atoms with van der Waals surface area (Å²) in [7, 11) is 0. The van der Waals surface area contributed by atoms with Gasteiger partial charge in [-0.25, -0.2) is 4.79 Å². The van der Waals surface area contributed by atoms with Crippen LogP contribution in [0.3, 0.4) is 0 Å². The van der Waals surface area contributed by atoms with Crippen LogP contribution in [0.5, 0.6) is 5.75 Å². The van der Waals surface area contributed by atoms with Crippen LogP contribution in [0.4, 0.5) is 0 Å². The maximum Gasteiger partial charge on any atom is 0.342 e. The maximum atomic E-state index is 11.8. The van der Waals surface area contributed by atoms with Gasteiger partial charge in [0.2, 0.25) is 0 Å². The van der Waals surface area contributed by atoms with Crippen molar-refractivity contribution < 1.29 is 19.4 Å². The number of halogens is 1. The van der Waals surface area contributed by atoms with E-state index in [0.717, 1.165) is 0 Å². The van der Waals surface area contributed by atoms with E-state index in [1.54, 1.807) is 30.3 Å². The van der Waals surface area contributed by atoms with E-state index in [0.29, 0.717) is 10.6 Å². The first-order valence-electron chi connectivity index (χ1n) is 5.82. The van der Waals surface area contributed by atoms with E-state index in [-0.39, 0.29) is 17.1 Å². The van der Waals surface area contributed by atoms with Gasteiger partial charge in [-0.3, -0.25) is 4.79 Å². The molecule has 0 aliphatic carbocycles. The SMILES string of the molecule is O=C(COC(=O)c1ccccc1O)c1cccc(Cl)c1. The standard InChI is InChI=1S/C15H11ClO4/c16-11-5-3-4-10(8-11)14(18)9-20-15(19)12-6-1-2-7-13(12)17/h1-8,17H,9H2. The molecule has 0 spiro atoms. The van der Waals surface area contributed by atoms with Crippen LogP contribution in [0.15, 0.2) is 48.5 Å². The van der Waals surface area contributed by atoms with Crippen LogP contribution in [0, 0.1) is 0 Å². The number of para-hydroxylation sites is 1. The van der Waals surface area contributed by atoms with Crippen molar-refractivity contribution in [2.24, 2.45) is 0 Å². The molecule has 0 heterocycles. The largest absolute Gasteiger partial charge is 0.507 e. The number of phenols is 1. The van der Waals surface area contributed by atoms with Gasteiger partial charge in [-0.05, 0) is 24.3 Å². The molecule has 5 heteroatoms. The van der Waals surface area contributed by atoms with Crippen molar-refractivity contribution in [3.05, 3.63) is 64.7 Å². The number of benzene rings is 2. The first-order valence-corrected chi connectivity index (χ1v) is 6.19. The Bertz CT molecular complexity index is 652. The quantitative estimate of drug-likeness (QED) is 0.694. The molecule has 0 fully saturated rings. The highest BCUT2D eigenvalue weighted by atomic mass is 35.5. The fraction of sp³-hybridized carbons (Fsp3) is 0.0667. The van der Waals surface area contributed by atoms with Gasteiger partial charge in [-0.15, -0.1) is 0 Å². The third-order valence-corrected chi connectivity index (χ3v) is 2.84. The van der Waals surface area contributed by atoms with Crippen molar-refractivity contribution in [1.82, 2.24) is 0 Å². The zero-order valence-corrected chi connectivity index (χ0v) is 11.1. The van der Waals surface area contributed by atoms with E-state index in [4.69, 9.17) is 16.3 Å². The zero-order valence-electron chi connectivity index (χ0n) is 10.4. The Morgan fingerprint density at radius 1 is 1.10 bits per heavy atom. The molecule has 2 rings (SSSR count). The minimum absolute atomic E-state index is 0.0198. The van der Waals surface area contributed by atoms with Crippen molar-refractivity contribution >= 4 is 23.4 Å². The lowest BCUT2D eigenvalue weighted by Crippen LogP contribution is -2.14. The minimum Gasteiger partial charge on any atom is -0.507 e. The molecule has 0 bridgehead atoms. The molecule has 20 heavy (non-hydrogen) atoms. The van der Waals surface area contributed by atoms with Gasteiger partial charge in [0.05, 0.1) is 0 Å². The van der Waals surface area contributed by atoms with E-state index in [9.17, 15) is 14.7 Å². The summed E-state index contributed by atoms with van der Waals surface area (Å²) in [6, 6.07) is 12.3. The number of esters is 1. The van der Waals surface area contributed by atoms with Crippen LogP contribution in [0.1, 0.15) is 20.7 Å². The van der Waals surface area contributed by atoms with Crippen molar-refractivity contribution in [1.29, 1.82) is 0 Å². The number of aromatic hydroxyl groups is 1. The predicted octanol–water partition coefficient (Wildman–Crippen LogP) is 3.09. The number of hydrogen-bond acceptors (Lipinski definition) is 4. The number of ketones is 1. The average Bonchev–Trinajstić information content (AvgIpc) is 2.45. The Morgan fingerprint density at radius 3 is 2.55 bits per heavy atom. The molecule has 0 unspecified atom stereocenters. The molecule has 2 aromatic rings. The van der Waals surface area contributed by atoms with Gasteiger partial charge >= 0.3 is 5.97 Å². The molecule has 0 radical (unpaired) electrons. The fourth-order valence-corrected chi connectivity index (χ4v) is 1.79. The third kappa shape index (κ3) is 3.36. The molecule has 0 atom stereocenters. The minimum atomic E-state index is -0.751. The number of Topliss-reactive ketones (excluding diaryl/α,β-unsaturated/α-hetero) is 1. The first kappa shape index (κ1) is 14.1. The fourth-order valence-electron chi connectivity index (χ4n) is 1.60. The van der Waals surface area contributed by atoms with E-state index in [1.807, 2.05) is 0 Å².